The minimum absolute atomic E-state index is 0.366. The van der Waals surface area contributed by atoms with Crippen LogP contribution in [0.2, 0.25) is 0 Å². The minimum Gasteiger partial charge on any atom is -0.388 e. The van der Waals surface area contributed by atoms with Crippen LogP contribution in [-0.2, 0) is 0 Å². The molecule has 2 N–H and O–H groups in total. The van der Waals surface area contributed by atoms with Gasteiger partial charge in [-0.2, -0.15) is 0 Å². The molecule has 0 bridgehead atoms. The summed E-state index contributed by atoms with van der Waals surface area (Å²) in [5.74, 6) is 0. The maximum atomic E-state index is 8.92. The average Bonchev–Trinajstić information content (AvgIpc) is 1.62. The highest BCUT2D eigenvalue weighted by Gasteiger charge is 2.24. The first-order valence-corrected chi connectivity index (χ1v) is 4.05. The van der Waals surface area contributed by atoms with Crippen LogP contribution in [0.4, 0.5) is 0 Å². The van der Waals surface area contributed by atoms with E-state index in [2.05, 4.69) is 31.9 Å². The van der Waals surface area contributed by atoms with Crippen molar-refractivity contribution in [2.45, 2.75) is 17.5 Å². The van der Waals surface area contributed by atoms with Gasteiger partial charge in [0.1, 0.15) is 10.6 Å². The fraction of sp³-hybridized carbons (Fsp3) is 1.00. The molecular weight excluding hydrogens is 240 g/mol. The lowest BCUT2D eigenvalue weighted by atomic mass is 10.3. The van der Waals surface area contributed by atoms with E-state index in [0.717, 1.165) is 0 Å². The van der Waals surface area contributed by atoms with Gasteiger partial charge in [-0.15, -0.1) is 0 Å². The van der Waals surface area contributed by atoms with E-state index in [1.807, 2.05) is 0 Å². The summed E-state index contributed by atoms with van der Waals surface area (Å²) < 4.78 is -1.17. The summed E-state index contributed by atoms with van der Waals surface area (Å²) in [5, 5.41) is 18.1. The van der Waals surface area contributed by atoms with Crippen molar-refractivity contribution >= 4 is 31.9 Å². The predicted molar refractivity (Wildman–Crippen MR) is 39.4 cm³/mol. The molecule has 0 aromatic heterocycles. The summed E-state index contributed by atoms with van der Waals surface area (Å²) in [5.41, 5.74) is 0. The fourth-order valence-electron chi connectivity index (χ4n) is 0.141. The Morgan fingerprint density at radius 2 is 2.12 bits per heavy atom. The molecule has 0 aliphatic carbocycles. The second kappa shape index (κ2) is 3.15. The van der Waals surface area contributed by atoms with Crippen molar-refractivity contribution in [2.24, 2.45) is 0 Å². The summed E-state index contributed by atoms with van der Waals surface area (Å²) in [6, 6.07) is 0. The van der Waals surface area contributed by atoms with Crippen molar-refractivity contribution in [1.82, 2.24) is 0 Å². The standard InChI is InChI=1S/C4H8Br2O2/c1-4(6,8)3(7)2-5/h3,7-8H,2H2,1H3. The third-order valence-electron chi connectivity index (χ3n) is 0.754. The van der Waals surface area contributed by atoms with Gasteiger partial charge in [0.2, 0.25) is 0 Å². The zero-order valence-corrected chi connectivity index (χ0v) is 7.61. The summed E-state index contributed by atoms with van der Waals surface area (Å²) in [6.45, 7) is 1.49. The van der Waals surface area contributed by atoms with Crippen molar-refractivity contribution in [3.63, 3.8) is 0 Å². The van der Waals surface area contributed by atoms with Crippen LogP contribution in [0.1, 0.15) is 6.92 Å². The van der Waals surface area contributed by atoms with E-state index in [1.54, 1.807) is 0 Å². The Balaban J connectivity index is 3.62. The van der Waals surface area contributed by atoms with Crippen LogP contribution in [0.15, 0.2) is 0 Å². The third-order valence-corrected chi connectivity index (χ3v) is 1.90. The van der Waals surface area contributed by atoms with Gasteiger partial charge >= 0.3 is 0 Å². The molecule has 2 unspecified atom stereocenters. The van der Waals surface area contributed by atoms with Crippen molar-refractivity contribution in [3.8, 4) is 0 Å². The van der Waals surface area contributed by atoms with Crippen molar-refractivity contribution in [1.29, 1.82) is 0 Å². The minimum atomic E-state index is -1.17. The van der Waals surface area contributed by atoms with Crippen LogP contribution in [-0.4, -0.2) is 26.2 Å². The van der Waals surface area contributed by atoms with E-state index in [9.17, 15) is 0 Å². The molecule has 4 heteroatoms. The van der Waals surface area contributed by atoms with Gasteiger partial charge in [-0.3, -0.25) is 0 Å². The molecule has 0 fully saturated rings. The van der Waals surface area contributed by atoms with Crippen molar-refractivity contribution in [2.75, 3.05) is 5.33 Å². The monoisotopic (exact) mass is 246 g/mol. The van der Waals surface area contributed by atoms with Crippen LogP contribution in [0.5, 0.6) is 0 Å². The van der Waals surface area contributed by atoms with Crippen molar-refractivity contribution < 1.29 is 10.2 Å². The van der Waals surface area contributed by atoms with Gasteiger partial charge in [-0.05, 0) is 6.92 Å². The van der Waals surface area contributed by atoms with E-state index in [-0.39, 0.29) is 0 Å². The average molecular weight is 248 g/mol. The molecule has 50 valence electrons. The quantitative estimate of drug-likeness (QED) is 0.711. The molecule has 8 heavy (non-hydrogen) atoms. The first-order chi connectivity index (χ1) is 3.48. The van der Waals surface area contributed by atoms with Gasteiger partial charge in [0.15, 0.2) is 0 Å². The molecule has 0 rings (SSSR count). The predicted octanol–water partition coefficient (Wildman–Crippen LogP) is 0.846. The van der Waals surface area contributed by atoms with Gasteiger partial charge < -0.3 is 10.2 Å². The molecule has 0 aliphatic heterocycles. The molecule has 2 atom stereocenters. The highest BCUT2D eigenvalue weighted by atomic mass is 79.9. The van der Waals surface area contributed by atoms with E-state index < -0.39 is 10.6 Å². The van der Waals surface area contributed by atoms with E-state index in [0.29, 0.717) is 5.33 Å². The number of hydrogen-bond acceptors (Lipinski definition) is 2. The van der Waals surface area contributed by atoms with Crippen LogP contribution < -0.4 is 0 Å². The second-order valence-corrected chi connectivity index (χ2v) is 3.95. The highest BCUT2D eigenvalue weighted by Crippen LogP contribution is 2.18. The SMILES string of the molecule is CC(O)(Br)C(O)CBr. The van der Waals surface area contributed by atoms with Gasteiger partial charge in [0.25, 0.3) is 0 Å². The normalized spacial score (nSPS) is 22.1. The van der Waals surface area contributed by atoms with E-state index >= 15 is 0 Å². The summed E-state index contributed by atoms with van der Waals surface area (Å²) in [6.07, 6.45) is -0.762. The summed E-state index contributed by atoms with van der Waals surface area (Å²) >= 11 is 5.89. The Kier molecular flexibility index (Phi) is 3.50. The second-order valence-electron chi connectivity index (χ2n) is 1.69. The first-order valence-electron chi connectivity index (χ1n) is 2.13. The molecule has 0 aromatic carbocycles. The number of aliphatic hydroxyl groups is 2. The van der Waals surface area contributed by atoms with Gasteiger partial charge in [-0.1, -0.05) is 31.9 Å². The Morgan fingerprint density at radius 1 is 1.75 bits per heavy atom. The van der Waals surface area contributed by atoms with Crippen molar-refractivity contribution in [3.05, 3.63) is 0 Å². The number of alkyl halides is 2. The number of aliphatic hydroxyl groups excluding tert-OH is 1. The zero-order chi connectivity index (χ0) is 6.78. The molecule has 0 radical (unpaired) electrons. The first kappa shape index (κ1) is 8.88. The van der Waals surface area contributed by atoms with E-state index in [4.69, 9.17) is 10.2 Å². The summed E-state index contributed by atoms with van der Waals surface area (Å²) in [4.78, 5) is 0. The van der Waals surface area contributed by atoms with Crippen LogP contribution >= 0.6 is 31.9 Å². The Hall–Kier alpha value is 0.880. The largest absolute Gasteiger partial charge is 0.388 e. The highest BCUT2D eigenvalue weighted by molar-refractivity contribution is 9.10. The fourth-order valence-corrected chi connectivity index (χ4v) is 1.37. The lowest BCUT2D eigenvalue weighted by Crippen LogP contribution is -2.33. The Morgan fingerprint density at radius 3 is 2.12 bits per heavy atom. The maximum absolute atomic E-state index is 8.92. The Bertz CT molecular complexity index is 68.9. The van der Waals surface area contributed by atoms with Gasteiger partial charge in [-0.25, -0.2) is 0 Å². The van der Waals surface area contributed by atoms with Gasteiger partial charge in [0.05, 0.1) is 0 Å². The lowest BCUT2D eigenvalue weighted by molar-refractivity contribution is 0.0267. The third kappa shape index (κ3) is 3.02. The molecule has 0 amide bonds. The van der Waals surface area contributed by atoms with Gasteiger partial charge in [0, 0.05) is 5.33 Å². The Labute approximate surface area is 65.2 Å². The molecular formula is C4H8Br2O2. The maximum Gasteiger partial charge on any atom is 0.143 e. The van der Waals surface area contributed by atoms with Crippen LogP contribution in [0.3, 0.4) is 0 Å². The number of hydrogen-bond donors (Lipinski definition) is 2. The zero-order valence-electron chi connectivity index (χ0n) is 4.43. The molecule has 0 saturated carbocycles. The molecule has 0 spiro atoms. The molecule has 2 nitrogen and oxygen atoms in total. The number of halogens is 2. The van der Waals surface area contributed by atoms with Crippen LogP contribution in [0, 0.1) is 0 Å². The van der Waals surface area contributed by atoms with E-state index in [1.165, 1.54) is 6.92 Å². The topological polar surface area (TPSA) is 40.5 Å². The van der Waals surface area contributed by atoms with Crippen LogP contribution in [0.25, 0.3) is 0 Å². The molecule has 0 saturated heterocycles. The summed E-state index contributed by atoms with van der Waals surface area (Å²) in [7, 11) is 0. The molecule has 0 aliphatic rings. The smallest absolute Gasteiger partial charge is 0.143 e. The molecule has 0 heterocycles. The lowest BCUT2D eigenvalue weighted by Gasteiger charge is -2.19. The molecule has 0 aromatic rings. The number of rotatable bonds is 2.